The first kappa shape index (κ1) is 12.8. The molecule has 0 radical (unpaired) electrons. The minimum absolute atomic E-state index is 0.207. The Kier molecular flexibility index (Phi) is 4.75. The normalized spacial score (nSPS) is 27.2. The van der Waals surface area contributed by atoms with Gasteiger partial charge in [0.15, 0.2) is 0 Å². The summed E-state index contributed by atoms with van der Waals surface area (Å²) in [5, 5.41) is 3.39. The molecule has 2 heterocycles. The zero-order valence-electron chi connectivity index (χ0n) is 10.7. The molecule has 1 atom stereocenters. The van der Waals surface area contributed by atoms with Gasteiger partial charge < -0.3 is 5.32 Å². The Bertz CT molecular complexity index is 271. The average molecular weight is 236 g/mol. The lowest BCUT2D eigenvalue weighted by Gasteiger charge is -2.35. The number of hydrogen-bond acceptors (Lipinski definition) is 3. The van der Waals surface area contributed by atoms with Gasteiger partial charge in [-0.1, -0.05) is 6.08 Å². The molecule has 1 unspecified atom stereocenters. The Morgan fingerprint density at radius 3 is 2.82 bits per heavy atom. The van der Waals surface area contributed by atoms with Crippen molar-refractivity contribution in [3.8, 4) is 0 Å². The number of carbonyl (C=O) groups excluding carboxylic acids is 1. The van der Waals surface area contributed by atoms with Crippen LogP contribution in [0.1, 0.15) is 38.5 Å². The summed E-state index contributed by atoms with van der Waals surface area (Å²) in [5.41, 5.74) is 0. The number of allylic oxidation sites excluding steroid dienone is 1. The van der Waals surface area contributed by atoms with E-state index in [2.05, 4.69) is 16.8 Å². The number of piperidine rings is 1. The fourth-order valence-electron chi connectivity index (χ4n) is 3.12. The standard InChI is InChI=1S/C14H24N2O/c1-2-3-6-14(17)13-5-4-11-16(13)12-7-9-15-10-8-12/h2,12-13,15H,1,3-11H2. The van der Waals surface area contributed by atoms with Crippen molar-refractivity contribution in [2.45, 2.75) is 50.6 Å². The van der Waals surface area contributed by atoms with Crippen molar-refractivity contribution in [3.63, 3.8) is 0 Å². The molecule has 0 aromatic rings. The summed E-state index contributed by atoms with van der Waals surface area (Å²) in [5.74, 6) is 0.431. The highest BCUT2D eigenvalue weighted by Gasteiger charge is 2.34. The molecule has 17 heavy (non-hydrogen) atoms. The van der Waals surface area contributed by atoms with E-state index in [-0.39, 0.29) is 6.04 Å². The molecule has 2 rings (SSSR count). The van der Waals surface area contributed by atoms with Crippen LogP contribution in [0.25, 0.3) is 0 Å². The van der Waals surface area contributed by atoms with Crippen molar-refractivity contribution >= 4 is 5.78 Å². The summed E-state index contributed by atoms with van der Waals surface area (Å²) in [7, 11) is 0. The third-order valence-electron chi connectivity index (χ3n) is 4.04. The van der Waals surface area contributed by atoms with Crippen LogP contribution < -0.4 is 5.32 Å². The maximum atomic E-state index is 12.2. The zero-order valence-corrected chi connectivity index (χ0v) is 10.7. The fraction of sp³-hybridized carbons (Fsp3) is 0.786. The highest BCUT2D eigenvalue weighted by atomic mass is 16.1. The van der Waals surface area contributed by atoms with Gasteiger partial charge in [0.25, 0.3) is 0 Å². The van der Waals surface area contributed by atoms with Crippen molar-refractivity contribution in [3.05, 3.63) is 12.7 Å². The van der Waals surface area contributed by atoms with Crippen molar-refractivity contribution in [1.29, 1.82) is 0 Å². The third kappa shape index (κ3) is 3.17. The summed E-state index contributed by atoms with van der Waals surface area (Å²) in [4.78, 5) is 14.6. The maximum absolute atomic E-state index is 12.2. The van der Waals surface area contributed by atoms with Crippen LogP contribution in [0.15, 0.2) is 12.7 Å². The summed E-state index contributed by atoms with van der Waals surface area (Å²) in [6.45, 7) is 7.03. The molecular weight excluding hydrogens is 212 g/mol. The molecule has 1 N–H and O–H groups in total. The monoisotopic (exact) mass is 236 g/mol. The molecule has 0 bridgehead atoms. The predicted molar refractivity (Wildman–Crippen MR) is 70.1 cm³/mol. The molecule has 2 saturated heterocycles. The van der Waals surface area contributed by atoms with Crippen LogP contribution in [0, 0.1) is 0 Å². The molecule has 2 fully saturated rings. The molecule has 0 saturated carbocycles. The first-order chi connectivity index (χ1) is 8.33. The Hall–Kier alpha value is -0.670. The third-order valence-corrected chi connectivity index (χ3v) is 4.04. The van der Waals surface area contributed by atoms with Gasteiger partial charge >= 0.3 is 0 Å². The van der Waals surface area contributed by atoms with Crippen LogP contribution in [0.2, 0.25) is 0 Å². The van der Waals surface area contributed by atoms with Gasteiger partial charge in [-0.3, -0.25) is 9.69 Å². The van der Waals surface area contributed by atoms with E-state index in [4.69, 9.17) is 0 Å². The van der Waals surface area contributed by atoms with E-state index in [0.29, 0.717) is 18.2 Å². The van der Waals surface area contributed by atoms with E-state index in [1.54, 1.807) is 0 Å². The average Bonchev–Trinajstić information content (AvgIpc) is 2.86. The van der Waals surface area contributed by atoms with E-state index < -0.39 is 0 Å². The number of Topliss-reactive ketones (excluding diaryl/α,β-unsaturated/α-hetero) is 1. The van der Waals surface area contributed by atoms with Gasteiger partial charge in [0.2, 0.25) is 0 Å². The summed E-state index contributed by atoms with van der Waals surface area (Å²) < 4.78 is 0. The van der Waals surface area contributed by atoms with Crippen molar-refractivity contribution in [2.24, 2.45) is 0 Å². The summed E-state index contributed by atoms with van der Waals surface area (Å²) in [6, 6.07) is 0.842. The number of likely N-dealkylation sites (tertiary alicyclic amines) is 1. The summed E-state index contributed by atoms with van der Waals surface area (Å²) >= 11 is 0. The van der Waals surface area contributed by atoms with Crippen LogP contribution in [-0.4, -0.2) is 42.4 Å². The van der Waals surface area contributed by atoms with Gasteiger partial charge in [-0.2, -0.15) is 0 Å². The first-order valence-electron chi connectivity index (χ1n) is 6.93. The molecule has 2 aliphatic heterocycles. The lowest BCUT2D eigenvalue weighted by atomic mass is 10.0. The molecular formula is C14H24N2O. The topological polar surface area (TPSA) is 32.3 Å². The quantitative estimate of drug-likeness (QED) is 0.738. The van der Waals surface area contributed by atoms with Crippen molar-refractivity contribution in [2.75, 3.05) is 19.6 Å². The lowest BCUT2D eigenvalue weighted by molar-refractivity contribution is -0.124. The van der Waals surface area contributed by atoms with Gasteiger partial charge in [0.1, 0.15) is 5.78 Å². The Balaban J connectivity index is 1.91. The molecule has 3 nitrogen and oxygen atoms in total. The van der Waals surface area contributed by atoms with Gasteiger partial charge in [-0.15, -0.1) is 6.58 Å². The van der Waals surface area contributed by atoms with Crippen LogP contribution >= 0.6 is 0 Å². The van der Waals surface area contributed by atoms with Gasteiger partial charge in [0.05, 0.1) is 6.04 Å². The largest absolute Gasteiger partial charge is 0.317 e. The van der Waals surface area contributed by atoms with E-state index in [0.717, 1.165) is 32.5 Å². The maximum Gasteiger partial charge on any atom is 0.150 e. The molecule has 0 spiro atoms. The van der Waals surface area contributed by atoms with E-state index >= 15 is 0 Å². The second-order valence-corrected chi connectivity index (χ2v) is 5.17. The van der Waals surface area contributed by atoms with Gasteiger partial charge in [0, 0.05) is 12.5 Å². The second-order valence-electron chi connectivity index (χ2n) is 5.17. The second kappa shape index (κ2) is 6.31. The van der Waals surface area contributed by atoms with Crippen LogP contribution in [-0.2, 0) is 4.79 Å². The van der Waals surface area contributed by atoms with Gasteiger partial charge in [-0.05, 0) is 51.7 Å². The highest BCUT2D eigenvalue weighted by Crippen LogP contribution is 2.25. The Labute approximate surface area is 104 Å². The van der Waals surface area contributed by atoms with Gasteiger partial charge in [-0.25, -0.2) is 0 Å². The van der Waals surface area contributed by atoms with E-state index in [1.807, 2.05) is 6.08 Å². The number of carbonyl (C=O) groups is 1. The highest BCUT2D eigenvalue weighted by molar-refractivity contribution is 5.84. The number of nitrogens with zero attached hydrogens (tertiary/aromatic N) is 1. The summed E-state index contributed by atoms with van der Waals surface area (Å²) in [6.07, 6.45) is 8.01. The molecule has 3 heteroatoms. The molecule has 0 amide bonds. The zero-order chi connectivity index (χ0) is 12.1. The minimum atomic E-state index is 0.207. The first-order valence-corrected chi connectivity index (χ1v) is 6.93. The molecule has 96 valence electrons. The number of rotatable bonds is 5. The molecule has 2 aliphatic rings. The SMILES string of the molecule is C=CCCC(=O)C1CCCN1C1CCNCC1. The molecule has 0 aromatic carbocycles. The Morgan fingerprint density at radius 1 is 1.35 bits per heavy atom. The van der Waals surface area contributed by atoms with Crippen LogP contribution in [0.5, 0.6) is 0 Å². The fourth-order valence-corrected chi connectivity index (χ4v) is 3.12. The van der Waals surface area contributed by atoms with E-state index in [1.165, 1.54) is 19.3 Å². The van der Waals surface area contributed by atoms with E-state index in [9.17, 15) is 4.79 Å². The molecule has 0 aromatic heterocycles. The molecule has 0 aliphatic carbocycles. The Morgan fingerprint density at radius 2 is 2.12 bits per heavy atom. The van der Waals surface area contributed by atoms with Crippen molar-refractivity contribution < 1.29 is 4.79 Å². The smallest absolute Gasteiger partial charge is 0.150 e. The number of ketones is 1. The lowest BCUT2D eigenvalue weighted by Crippen LogP contribution is -2.47. The van der Waals surface area contributed by atoms with Crippen LogP contribution in [0.4, 0.5) is 0 Å². The number of nitrogens with one attached hydrogen (secondary N) is 1. The van der Waals surface area contributed by atoms with Crippen molar-refractivity contribution in [1.82, 2.24) is 10.2 Å². The minimum Gasteiger partial charge on any atom is -0.317 e. The number of hydrogen-bond donors (Lipinski definition) is 1. The predicted octanol–water partition coefficient (Wildman–Crippen LogP) is 1.74. The van der Waals surface area contributed by atoms with Crippen LogP contribution in [0.3, 0.4) is 0 Å².